The first-order chi connectivity index (χ1) is 15.2. The number of rotatable bonds is 24. The summed E-state index contributed by atoms with van der Waals surface area (Å²) in [6.07, 6.45) is 35.3. The Balaban J connectivity index is 0. The lowest BCUT2D eigenvalue weighted by atomic mass is 9.95. The summed E-state index contributed by atoms with van der Waals surface area (Å²) in [5, 5.41) is 7.57. The van der Waals surface area contributed by atoms with Crippen molar-refractivity contribution in [3.63, 3.8) is 0 Å². The van der Waals surface area contributed by atoms with Crippen LogP contribution < -0.4 is 0 Å². The van der Waals surface area contributed by atoms with Crippen molar-refractivity contribution in [2.45, 2.75) is 182 Å². The minimum atomic E-state index is 0.250. The topological polar surface area (TPSA) is 20.2 Å². The first kappa shape index (κ1) is 33.1. The zero-order valence-corrected chi connectivity index (χ0v) is 22.7. The molecule has 0 radical (unpaired) electrons. The van der Waals surface area contributed by atoms with Gasteiger partial charge in [0.15, 0.2) is 0 Å². The molecular formula is C30H64O. The van der Waals surface area contributed by atoms with Crippen molar-refractivity contribution in [1.29, 1.82) is 0 Å². The van der Waals surface area contributed by atoms with Crippen molar-refractivity contribution in [2.24, 2.45) is 5.92 Å². The van der Waals surface area contributed by atoms with Gasteiger partial charge in [-0.05, 0) is 12.8 Å². The molecule has 1 atom stereocenters. The van der Waals surface area contributed by atoms with E-state index < -0.39 is 0 Å². The highest BCUT2D eigenvalue weighted by atomic mass is 16.2. The van der Waals surface area contributed by atoms with E-state index in [1.807, 2.05) is 0 Å². The summed E-state index contributed by atoms with van der Waals surface area (Å²) in [7, 11) is 0. The Morgan fingerprint density at radius 3 is 0.806 bits per heavy atom. The first-order valence-corrected chi connectivity index (χ1v) is 14.8. The summed E-state index contributed by atoms with van der Waals surface area (Å²) in [6, 6.07) is 0. The van der Waals surface area contributed by atoms with Gasteiger partial charge in [-0.2, -0.15) is 0 Å². The molecule has 0 saturated heterocycles. The number of aliphatic hydroxyl groups is 1. The molecule has 0 spiro atoms. The average Bonchev–Trinajstić information content (AvgIpc) is 2.76. The van der Waals surface area contributed by atoms with Gasteiger partial charge in [0.25, 0.3) is 0 Å². The quantitative estimate of drug-likeness (QED) is 0.148. The van der Waals surface area contributed by atoms with Crippen molar-refractivity contribution in [3.8, 4) is 0 Å². The predicted molar refractivity (Wildman–Crippen MR) is 144 cm³/mol. The van der Waals surface area contributed by atoms with Crippen molar-refractivity contribution < 1.29 is 5.11 Å². The molecule has 0 amide bonds. The lowest BCUT2D eigenvalue weighted by Gasteiger charge is -2.11. The molecular weight excluding hydrogens is 376 g/mol. The largest absolute Gasteiger partial charge is 0.397 e. The van der Waals surface area contributed by atoms with Gasteiger partial charge < -0.3 is 5.11 Å². The molecule has 1 N–H and O–H groups in total. The van der Waals surface area contributed by atoms with Gasteiger partial charge in [-0.1, -0.05) is 175 Å². The Kier molecular flexibility index (Phi) is 34.4. The molecule has 0 aliphatic heterocycles. The second-order valence-electron chi connectivity index (χ2n) is 10.1. The highest BCUT2D eigenvalue weighted by Gasteiger charge is 2.02. The van der Waals surface area contributed by atoms with Crippen LogP contribution in [0.25, 0.3) is 0 Å². The summed E-state index contributed by atoms with van der Waals surface area (Å²) >= 11 is 0. The highest BCUT2D eigenvalue weighted by molar-refractivity contribution is 4.56. The van der Waals surface area contributed by atoms with Crippen LogP contribution in [0.2, 0.25) is 0 Å². The number of unbranched alkanes of at least 4 members (excludes halogenated alkanes) is 20. The van der Waals surface area contributed by atoms with Crippen LogP contribution in [0, 0.1) is 5.92 Å². The molecule has 0 aliphatic rings. The van der Waals surface area contributed by atoms with Crippen molar-refractivity contribution in [1.82, 2.24) is 0 Å². The van der Waals surface area contributed by atoms with Crippen molar-refractivity contribution in [2.75, 3.05) is 6.61 Å². The monoisotopic (exact) mass is 440 g/mol. The van der Waals surface area contributed by atoms with E-state index in [1.54, 1.807) is 6.92 Å². The minimum Gasteiger partial charge on any atom is -0.397 e. The van der Waals surface area contributed by atoms with Crippen LogP contribution in [0.5, 0.6) is 0 Å². The third kappa shape index (κ3) is 34.8. The van der Waals surface area contributed by atoms with Crippen LogP contribution in [0.4, 0.5) is 0 Å². The third-order valence-electron chi connectivity index (χ3n) is 6.60. The first-order valence-electron chi connectivity index (χ1n) is 14.8. The maximum absolute atomic E-state index is 7.57. The molecule has 0 aromatic rings. The van der Waals surface area contributed by atoms with Gasteiger partial charge in [0.2, 0.25) is 0 Å². The van der Waals surface area contributed by atoms with Gasteiger partial charge in [0, 0.05) is 6.61 Å². The predicted octanol–water partition coefficient (Wildman–Crippen LogP) is 11.0. The maximum atomic E-state index is 7.57. The fraction of sp³-hybridized carbons (Fsp3) is 1.00. The summed E-state index contributed by atoms with van der Waals surface area (Å²) in [5.41, 5.74) is 0. The van der Waals surface area contributed by atoms with E-state index in [0.29, 0.717) is 0 Å². The summed E-state index contributed by atoms with van der Waals surface area (Å²) in [6.45, 7) is 9.03. The van der Waals surface area contributed by atoms with Crippen LogP contribution in [-0.4, -0.2) is 11.7 Å². The molecule has 0 bridgehead atoms. The van der Waals surface area contributed by atoms with E-state index in [9.17, 15) is 0 Å². The Bertz CT molecular complexity index is 276. The van der Waals surface area contributed by atoms with E-state index >= 15 is 0 Å². The van der Waals surface area contributed by atoms with Crippen LogP contribution in [-0.2, 0) is 0 Å². The molecule has 0 aromatic carbocycles. The van der Waals surface area contributed by atoms with E-state index in [2.05, 4.69) is 20.8 Å². The normalized spacial score (nSPS) is 11.9. The zero-order valence-electron chi connectivity index (χ0n) is 22.7. The molecule has 1 unspecified atom stereocenters. The number of aliphatic hydroxyl groups excluding tert-OH is 1. The maximum Gasteiger partial charge on any atom is 0.0402 e. The Hall–Kier alpha value is -0.0400. The van der Waals surface area contributed by atoms with Gasteiger partial charge >= 0.3 is 0 Å². The van der Waals surface area contributed by atoms with Gasteiger partial charge in [-0.3, -0.25) is 0 Å². The fourth-order valence-electron chi connectivity index (χ4n) is 4.46. The van der Waals surface area contributed by atoms with Crippen LogP contribution in [0.15, 0.2) is 0 Å². The molecule has 1 heteroatoms. The van der Waals surface area contributed by atoms with Crippen LogP contribution in [0.3, 0.4) is 0 Å². The van der Waals surface area contributed by atoms with E-state index in [0.717, 1.165) is 5.92 Å². The SMILES string of the molecule is CCCCCCCCCCCCCCC(C)CCCCCCCCCCCC.CCO. The minimum absolute atomic E-state index is 0.250. The summed E-state index contributed by atoms with van der Waals surface area (Å²) in [4.78, 5) is 0. The highest BCUT2D eigenvalue weighted by Crippen LogP contribution is 2.19. The molecule has 0 aromatic heterocycles. The lowest BCUT2D eigenvalue weighted by molar-refractivity contribution is 0.318. The van der Waals surface area contributed by atoms with Crippen molar-refractivity contribution >= 4 is 0 Å². The summed E-state index contributed by atoms with van der Waals surface area (Å²) in [5.74, 6) is 0.970. The standard InChI is InChI=1S/C28H58.C2H6O/c1-4-6-8-10-12-14-16-17-19-21-23-25-27-28(3)26-24-22-20-18-15-13-11-9-7-5-2;1-2-3/h28H,4-27H2,1-3H3;3H,2H2,1H3. The average molecular weight is 441 g/mol. The van der Waals surface area contributed by atoms with E-state index in [4.69, 9.17) is 5.11 Å². The molecule has 31 heavy (non-hydrogen) atoms. The lowest BCUT2D eigenvalue weighted by Crippen LogP contribution is -1.95. The number of hydrogen-bond acceptors (Lipinski definition) is 1. The fourth-order valence-corrected chi connectivity index (χ4v) is 4.46. The summed E-state index contributed by atoms with van der Waals surface area (Å²) < 4.78 is 0. The molecule has 0 aliphatic carbocycles. The third-order valence-corrected chi connectivity index (χ3v) is 6.60. The van der Waals surface area contributed by atoms with Crippen molar-refractivity contribution in [3.05, 3.63) is 0 Å². The Labute approximate surface area is 199 Å². The smallest absolute Gasteiger partial charge is 0.0402 e. The van der Waals surface area contributed by atoms with Gasteiger partial charge in [0.05, 0.1) is 0 Å². The second-order valence-corrected chi connectivity index (χ2v) is 10.1. The van der Waals surface area contributed by atoms with Crippen LogP contribution >= 0.6 is 0 Å². The van der Waals surface area contributed by atoms with Gasteiger partial charge in [-0.25, -0.2) is 0 Å². The van der Waals surface area contributed by atoms with Gasteiger partial charge in [0.1, 0.15) is 0 Å². The molecule has 0 heterocycles. The molecule has 0 rings (SSSR count). The Morgan fingerprint density at radius 2 is 0.581 bits per heavy atom. The van der Waals surface area contributed by atoms with E-state index in [-0.39, 0.29) is 6.61 Å². The zero-order chi connectivity index (χ0) is 23.3. The van der Waals surface area contributed by atoms with E-state index in [1.165, 1.54) is 154 Å². The molecule has 190 valence electrons. The number of hydrogen-bond donors (Lipinski definition) is 1. The molecule has 1 nitrogen and oxygen atoms in total. The second kappa shape index (κ2) is 32.1. The molecule has 0 fully saturated rings. The van der Waals surface area contributed by atoms with Gasteiger partial charge in [-0.15, -0.1) is 0 Å². The Morgan fingerprint density at radius 1 is 0.387 bits per heavy atom. The molecule has 0 saturated carbocycles. The van der Waals surface area contributed by atoms with Crippen LogP contribution in [0.1, 0.15) is 182 Å².